The fourth-order valence-corrected chi connectivity index (χ4v) is 2.21. The highest BCUT2D eigenvalue weighted by Crippen LogP contribution is 2.26. The van der Waals surface area contributed by atoms with E-state index in [-0.39, 0.29) is 17.7 Å². The summed E-state index contributed by atoms with van der Waals surface area (Å²) in [6, 6.07) is 6.92. The summed E-state index contributed by atoms with van der Waals surface area (Å²) in [6.07, 6.45) is 4.24. The molecule has 1 saturated carbocycles. The van der Waals surface area contributed by atoms with Gasteiger partial charge in [0.2, 0.25) is 5.91 Å². The zero-order valence-electron chi connectivity index (χ0n) is 10.1. The highest BCUT2D eigenvalue weighted by atomic mass is 16.4. The third-order valence-corrected chi connectivity index (χ3v) is 3.28. The molecule has 0 atom stereocenters. The molecule has 4 N–H and O–H groups in total. The molecule has 0 heterocycles. The first-order valence-electron chi connectivity index (χ1n) is 6.09. The second-order valence-electron chi connectivity index (χ2n) is 4.53. The molecule has 0 aliphatic heterocycles. The summed E-state index contributed by atoms with van der Waals surface area (Å²) < 4.78 is 0. The second kappa shape index (κ2) is 5.53. The van der Waals surface area contributed by atoms with Crippen LogP contribution in [-0.2, 0) is 4.79 Å². The van der Waals surface area contributed by atoms with Crippen LogP contribution in [0.2, 0.25) is 0 Å². The number of nitrogens with two attached hydrogens (primary N) is 1. The molecular formula is C13H17N3O2. The van der Waals surface area contributed by atoms with Crippen LogP contribution in [0.1, 0.15) is 31.2 Å². The van der Waals surface area contributed by atoms with Gasteiger partial charge in [0.1, 0.15) is 0 Å². The Balaban J connectivity index is 1.99. The monoisotopic (exact) mass is 247 g/mol. The third-order valence-electron chi connectivity index (χ3n) is 3.28. The van der Waals surface area contributed by atoms with E-state index in [1.807, 2.05) is 0 Å². The molecule has 0 spiro atoms. The number of hydrogen-bond donors (Lipinski definition) is 3. The van der Waals surface area contributed by atoms with Crippen LogP contribution in [0.25, 0.3) is 0 Å². The van der Waals surface area contributed by atoms with Crippen LogP contribution in [0.3, 0.4) is 0 Å². The molecule has 5 heteroatoms. The maximum atomic E-state index is 11.9. The van der Waals surface area contributed by atoms with Crippen LogP contribution in [0.4, 0.5) is 5.69 Å². The van der Waals surface area contributed by atoms with Crippen molar-refractivity contribution >= 4 is 17.4 Å². The normalized spacial score (nSPS) is 16.8. The SMILES string of the molecule is N/C(=N/O)c1ccc(NC(=O)C2CCCC2)cc1. The van der Waals surface area contributed by atoms with Gasteiger partial charge in [-0.3, -0.25) is 4.79 Å². The van der Waals surface area contributed by atoms with E-state index in [1.165, 1.54) is 0 Å². The molecule has 0 radical (unpaired) electrons. The van der Waals surface area contributed by atoms with Gasteiger partial charge in [0, 0.05) is 17.2 Å². The van der Waals surface area contributed by atoms with Crippen LogP contribution in [0.5, 0.6) is 0 Å². The maximum Gasteiger partial charge on any atom is 0.227 e. The molecule has 96 valence electrons. The summed E-state index contributed by atoms with van der Waals surface area (Å²) in [5.41, 5.74) is 6.82. The van der Waals surface area contributed by atoms with Crippen molar-refractivity contribution in [1.29, 1.82) is 0 Å². The van der Waals surface area contributed by atoms with Crippen molar-refractivity contribution in [3.63, 3.8) is 0 Å². The van der Waals surface area contributed by atoms with E-state index in [2.05, 4.69) is 10.5 Å². The van der Waals surface area contributed by atoms with Gasteiger partial charge in [0.25, 0.3) is 0 Å². The Bertz CT molecular complexity index is 448. The van der Waals surface area contributed by atoms with E-state index < -0.39 is 0 Å². The molecule has 1 fully saturated rings. The van der Waals surface area contributed by atoms with Gasteiger partial charge >= 0.3 is 0 Å². The molecule has 0 bridgehead atoms. The topological polar surface area (TPSA) is 87.7 Å². The number of amidine groups is 1. The van der Waals surface area contributed by atoms with Crippen LogP contribution < -0.4 is 11.1 Å². The minimum Gasteiger partial charge on any atom is -0.409 e. The van der Waals surface area contributed by atoms with Gasteiger partial charge in [0.15, 0.2) is 5.84 Å². The van der Waals surface area contributed by atoms with Crippen molar-refractivity contribution in [3.05, 3.63) is 29.8 Å². The standard InChI is InChI=1S/C13H17N3O2/c14-12(16-18)9-5-7-11(8-6-9)15-13(17)10-3-1-2-4-10/h5-8,10,18H,1-4H2,(H2,14,16)(H,15,17). The first-order valence-corrected chi connectivity index (χ1v) is 6.09. The molecule has 1 aliphatic carbocycles. The number of nitrogens with one attached hydrogen (secondary N) is 1. The van der Waals surface area contributed by atoms with Gasteiger partial charge in [-0.15, -0.1) is 0 Å². The lowest BCUT2D eigenvalue weighted by molar-refractivity contribution is -0.119. The van der Waals surface area contributed by atoms with Crippen molar-refractivity contribution < 1.29 is 10.0 Å². The Morgan fingerprint density at radius 1 is 1.28 bits per heavy atom. The van der Waals surface area contributed by atoms with Gasteiger partial charge in [-0.1, -0.05) is 18.0 Å². The smallest absolute Gasteiger partial charge is 0.227 e. The number of anilines is 1. The molecule has 1 aromatic carbocycles. The van der Waals surface area contributed by atoms with E-state index in [0.29, 0.717) is 5.56 Å². The van der Waals surface area contributed by atoms with Crippen molar-refractivity contribution in [2.24, 2.45) is 16.8 Å². The lowest BCUT2D eigenvalue weighted by Gasteiger charge is -2.10. The van der Waals surface area contributed by atoms with Crippen molar-refractivity contribution in [2.75, 3.05) is 5.32 Å². The van der Waals surface area contributed by atoms with Gasteiger partial charge < -0.3 is 16.3 Å². The lowest BCUT2D eigenvalue weighted by Crippen LogP contribution is -2.20. The minimum absolute atomic E-state index is 0.0590. The lowest BCUT2D eigenvalue weighted by atomic mass is 10.1. The largest absolute Gasteiger partial charge is 0.409 e. The van der Waals surface area contributed by atoms with Gasteiger partial charge in [-0.25, -0.2) is 0 Å². The number of benzene rings is 1. The molecule has 0 saturated heterocycles. The molecule has 1 amide bonds. The minimum atomic E-state index is 0.0590. The highest BCUT2D eigenvalue weighted by Gasteiger charge is 2.22. The molecule has 18 heavy (non-hydrogen) atoms. The molecular weight excluding hydrogens is 230 g/mol. The summed E-state index contributed by atoms with van der Waals surface area (Å²) in [4.78, 5) is 11.9. The van der Waals surface area contributed by atoms with Crippen LogP contribution in [0, 0.1) is 5.92 Å². The van der Waals surface area contributed by atoms with Crippen LogP contribution in [-0.4, -0.2) is 17.0 Å². The molecule has 1 aliphatic rings. The Hall–Kier alpha value is -2.04. The van der Waals surface area contributed by atoms with Crippen molar-refractivity contribution in [2.45, 2.75) is 25.7 Å². The predicted molar refractivity (Wildman–Crippen MR) is 69.5 cm³/mol. The average Bonchev–Trinajstić information content (AvgIpc) is 2.92. The fourth-order valence-electron chi connectivity index (χ4n) is 2.21. The maximum absolute atomic E-state index is 11.9. The summed E-state index contributed by atoms with van der Waals surface area (Å²) in [5, 5.41) is 14.3. The van der Waals surface area contributed by atoms with Gasteiger partial charge in [-0.05, 0) is 37.1 Å². The molecule has 1 aromatic rings. The summed E-state index contributed by atoms with van der Waals surface area (Å²) in [5.74, 6) is 0.293. The number of carbonyl (C=O) groups is 1. The Kier molecular flexibility index (Phi) is 3.82. The van der Waals surface area contributed by atoms with Crippen molar-refractivity contribution in [3.8, 4) is 0 Å². The first kappa shape index (κ1) is 12.4. The van der Waals surface area contributed by atoms with Gasteiger partial charge in [-0.2, -0.15) is 0 Å². The Morgan fingerprint density at radius 2 is 1.89 bits per heavy atom. The van der Waals surface area contributed by atoms with Crippen LogP contribution in [0.15, 0.2) is 29.4 Å². The van der Waals surface area contributed by atoms with E-state index in [9.17, 15) is 4.79 Å². The molecule has 0 aromatic heterocycles. The fraction of sp³-hybridized carbons (Fsp3) is 0.385. The molecule has 2 rings (SSSR count). The second-order valence-corrected chi connectivity index (χ2v) is 4.53. The molecule has 5 nitrogen and oxygen atoms in total. The van der Waals surface area contributed by atoms with E-state index >= 15 is 0 Å². The number of nitrogens with zero attached hydrogens (tertiary/aromatic N) is 1. The zero-order chi connectivity index (χ0) is 13.0. The van der Waals surface area contributed by atoms with Crippen molar-refractivity contribution in [1.82, 2.24) is 0 Å². The number of oxime groups is 1. The van der Waals surface area contributed by atoms with E-state index in [4.69, 9.17) is 10.9 Å². The quantitative estimate of drug-likeness (QED) is 0.330. The average molecular weight is 247 g/mol. The highest BCUT2D eigenvalue weighted by molar-refractivity contribution is 5.98. The number of amides is 1. The summed E-state index contributed by atoms with van der Waals surface area (Å²) in [6.45, 7) is 0. The predicted octanol–water partition coefficient (Wildman–Crippen LogP) is 1.91. The first-order chi connectivity index (χ1) is 8.70. The van der Waals surface area contributed by atoms with E-state index in [1.54, 1.807) is 24.3 Å². The number of rotatable bonds is 3. The third kappa shape index (κ3) is 2.80. The summed E-state index contributed by atoms with van der Waals surface area (Å²) in [7, 11) is 0. The summed E-state index contributed by atoms with van der Waals surface area (Å²) >= 11 is 0. The van der Waals surface area contributed by atoms with Crippen LogP contribution >= 0.6 is 0 Å². The number of carbonyl (C=O) groups excluding carboxylic acids is 1. The number of hydrogen-bond acceptors (Lipinski definition) is 3. The Morgan fingerprint density at radius 3 is 2.44 bits per heavy atom. The van der Waals surface area contributed by atoms with E-state index in [0.717, 1.165) is 31.4 Å². The van der Waals surface area contributed by atoms with Gasteiger partial charge in [0.05, 0.1) is 0 Å². The Labute approximate surface area is 106 Å². The molecule has 0 unspecified atom stereocenters. The zero-order valence-corrected chi connectivity index (χ0v) is 10.1.